The van der Waals surface area contributed by atoms with E-state index in [1.54, 1.807) is 12.1 Å². The molecule has 0 atom stereocenters. The van der Waals surface area contributed by atoms with Gasteiger partial charge in [-0.3, -0.25) is 15.1 Å². The molecule has 0 saturated carbocycles. The van der Waals surface area contributed by atoms with E-state index in [9.17, 15) is 9.59 Å². The molecule has 2 aromatic rings. The van der Waals surface area contributed by atoms with E-state index in [4.69, 9.17) is 5.11 Å². The first kappa shape index (κ1) is 12.8. The lowest BCUT2D eigenvalue weighted by molar-refractivity contribution is -0.131. The summed E-state index contributed by atoms with van der Waals surface area (Å²) in [4.78, 5) is 26.3. The molecule has 2 rings (SSSR count). The molecule has 96 valence electrons. The van der Waals surface area contributed by atoms with Crippen LogP contribution in [0, 0.1) is 0 Å². The van der Waals surface area contributed by atoms with Gasteiger partial charge in [0.05, 0.1) is 0 Å². The number of hydrogen-bond donors (Lipinski definition) is 2. The third-order valence-electron chi connectivity index (χ3n) is 1.98. The molecule has 0 bridgehead atoms. The number of carboxylic acid groups (broad SMARTS) is 1. The van der Waals surface area contributed by atoms with Crippen molar-refractivity contribution in [2.75, 3.05) is 5.32 Å². The van der Waals surface area contributed by atoms with Crippen molar-refractivity contribution >= 4 is 34.6 Å². The lowest BCUT2D eigenvalue weighted by Gasteiger charge is -2.03. The highest BCUT2D eigenvalue weighted by atomic mass is 32.1. The summed E-state index contributed by atoms with van der Waals surface area (Å²) in [6.45, 7) is 0. The molecule has 2 N–H and O–H groups in total. The van der Waals surface area contributed by atoms with E-state index in [0.717, 1.165) is 17.6 Å². The van der Waals surface area contributed by atoms with Crippen LogP contribution in [0.3, 0.4) is 0 Å². The number of carbonyl (C=O) groups is 2. The van der Waals surface area contributed by atoms with Crippen LogP contribution in [0.4, 0.5) is 5.13 Å². The largest absolute Gasteiger partial charge is 0.478 e. The zero-order chi connectivity index (χ0) is 13.7. The van der Waals surface area contributed by atoms with Gasteiger partial charge in [0.1, 0.15) is 5.69 Å². The number of aliphatic carboxylic acids is 1. The Morgan fingerprint density at radius 2 is 2.26 bits per heavy atom. The monoisotopic (exact) mass is 277 g/mol. The lowest BCUT2D eigenvalue weighted by Crippen LogP contribution is -2.15. The third-order valence-corrected chi connectivity index (χ3v) is 2.49. The van der Waals surface area contributed by atoms with Gasteiger partial charge in [0, 0.05) is 29.4 Å². The third kappa shape index (κ3) is 3.39. The van der Waals surface area contributed by atoms with Gasteiger partial charge in [0.15, 0.2) is 0 Å². The molecule has 19 heavy (non-hydrogen) atoms. The molecule has 8 nitrogen and oxygen atoms in total. The summed E-state index contributed by atoms with van der Waals surface area (Å²) in [6.07, 6.45) is 3.66. The molecule has 0 aliphatic heterocycles. The summed E-state index contributed by atoms with van der Waals surface area (Å²) in [6, 6.07) is 3.19. The Labute approximate surface area is 111 Å². The Kier molecular flexibility index (Phi) is 3.88. The summed E-state index contributed by atoms with van der Waals surface area (Å²) in [7, 11) is 0. The number of amides is 1. The minimum Gasteiger partial charge on any atom is -0.478 e. The number of carbonyl (C=O) groups excluding carboxylic acids is 1. The van der Waals surface area contributed by atoms with E-state index in [1.807, 2.05) is 0 Å². The number of aromatic nitrogens is 4. The van der Waals surface area contributed by atoms with Gasteiger partial charge < -0.3 is 5.11 Å². The van der Waals surface area contributed by atoms with Crippen LogP contribution in [0.2, 0.25) is 0 Å². The summed E-state index contributed by atoms with van der Waals surface area (Å²) in [5.41, 5.74) is 0.482. The van der Waals surface area contributed by atoms with E-state index in [-0.39, 0.29) is 10.8 Å². The van der Waals surface area contributed by atoms with E-state index in [2.05, 4.69) is 25.1 Å². The van der Waals surface area contributed by atoms with Gasteiger partial charge in [-0.2, -0.15) is 0 Å². The normalized spacial score (nSPS) is 10.5. The number of rotatable bonds is 4. The number of nitrogens with zero attached hydrogens (tertiary/aromatic N) is 4. The topological polar surface area (TPSA) is 118 Å². The lowest BCUT2D eigenvalue weighted by atomic mass is 10.1. The average molecular weight is 277 g/mol. The predicted octanol–water partition coefficient (Wildman–Crippen LogP) is 0.678. The fourth-order valence-electron chi connectivity index (χ4n) is 1.24. The highest BCUT2D eigenvalue weighted by molar-refractivity contribution is 7.09. The number of nitrogens with one attached hydrogen (secondary N) is 1. The Hall–Kier alpha value is -2.68. The standard InChI is InChI=1S/C10H7N5O3S/c16-7(17)4-3-6-2-1-5-11-8(6)9(18)12-10-13-14-15-19-10/h1-5H,(H,16,17)(H,12,13,15,18)/b4-3+. The number of carboxylic acids is 1. The van der Waals surface area contributed by atoms with Gasteiger partial charge in [0.2, 0.25) is 5.13 Å². The molecule has 0 spiro atoms. The van der Waals surface area contributed by atoms with E-state index in [1.165, 1.54) is 12.3 Å². The summed E-state index contributed by atoms with van der Waals surface area (Å²) >= 11 is 0.926. The number of anilines is 1. The molecule has 9 heteroatoms. The molecule has 1 amide bonds. The molecule has 0 aliphatic carbocycles. The van der Waals surface area contributed by atoms with Crippen molar-refractivity contribution in [2.24, 2.45) is 0 Å². The quantitative estimate of drug-likeness (QED) is 0.789. The SMILES string of the molecule is O=C(O)/C=C/c1cccnc1C(=O)Nc1nnns1. The van der Waals surface area contributed by atoms with Crippen molar-refractivity contribution in [3.8, 4) is 0 Å². The summed E-state index contributed by atoms with van der Waals surface area (Å²) < 4.78 is 3.50. The van der Waals surface area contributed by atoms with Crippen LogP contribution in [0.15, 0.2) is 24.4 Å². The van der Waals surface area contributed by atoms with Crippen molar-refractivity contribution in [3.05, 3.63) is 35.7 Å². The average Bonchev–Trinajstić information content (AvgIpc) is 2.89. The highest BCUT2D eigenvalue weighted by Crippen LogP contribution is 2.12. The van der Waals surface area contributed by atoms with Crippen LogP contribution in [0.1, 0.15) is 16.1 Å². The van der Waals surface area contributed by atoms with E-state index in [0.29, 0.717) is 5.56 Å². The molecular weight excluding hydrogens is 270 g/mol. The molecule has 2 aromatic heterocycles. The molecule has 0 aliphatic rings. The smallest absolute Gasteiger partial charge is 0.328 e. The molecule has 0 saturated heterocycles. The second-order valence-corrected chi connectivity index (χ2v) is 3.97. The van der Waals surface area contributed by atoms with Gasteiger partial charge >= 0.3 is 5.97 Å². The van der Waals surface area contributed by atoms with Gasteiger partial charge in [-0.1, -0.05) is 15.7 Å². The minimum atomic E-state index is -1.11. The van der Waals surface area contributed by atoms with E-state index >= 15 is 0 Å². The van der Waals surface area contributed by atoms with Crippen molar-refractivity contribution < 1.29 is 14.7 Å². The van der Waals surface area contributed by atoms with Gasteiger partial charge in [-0.25, -0.2) is 4.79 Å². The van der Waals surface area contributed by atoms with Crippen molar-refractivity contribution in [3.63, 3.8) is 0 Å². The molecular formula is C10H7N5O3S. The molecule has 0 aromatic carbocycles. The fraction of sp³-hybridized carbons (Fsp3) is 0. The second-order valence-electron chi connectivity index (χ2n) is 3.23. The van der Waals surface area contributed by atoms with Gasteiger partial charge in [-0.15, -0.1) is 0 Å². The number of pyridine rings is 1. The van der Waals surface area contributed by atoms with Crippen LogP contribution in [-0.4, -0.2) is 36.8 Å². The highest BCUT2D eigenvalue weighted by Gasteiger charge is 2.13. The number of hydrogen-bond acceptors (Lipinski definition) is 7. The van der Waals surface area contributed by atoms with Crippen LogP contribution in [-0.2, 0) is 4.79 Å². The Morgan fingerprint density at radius 1 is 1.42 bits per heavy atom. The van der Waals surface area contributed by atoms with Crippen LogP contribution in [0.5, 0.6) is 0 Å². The first-order valence-electron chi connectivity index (χ1n) is 4.99. The van der Waals surface area contributed by atoms with Crippen molar-refractivity contribution in [1.82, 2.24) is 19.8 Å². The Balaban J connectivity index is 2.24. The van der Waals surface area contributed by atoms with Crippen LogP contribution < -0.4 is 5.32 Å². The Morgan fingerprint density at radius 3 is 2.95 bits per heavy atom. The van der Waals surface area contributed by atoms with Crippen LogP contribution in [0.25, 0.3) is 6.08 Å². The van der Waals surface area contributed by atoms with Crippen molar-refractivity contribution in [2.45, 2.75) is 0 Å². The van der Waals surface area contributed by atoms with Gasteiger partial charge in [0.25, 0.3) is 5.91 Å². The maximum Gasteiger partial charge on any atom is 0.328 e. The maximum absolute atomic E-state index is 11.9. The van der Waals surface area contributed by atoms with E-state index < -0.39 is 11.9 Å². The molecule has 0 radical (unpaired) electrons. The summed E-state index contributed by atoms with van der Waals surface area (Å²) in [5, 5.41) is 18.2. The maximum atomic E-state index is 11.9. The van der Waals surface area contributed by atoms with Crippen molar-refractivity contribution in [1.29, 1.82) is 0 Å². The zero-order valence-corrected chi connectivity index (χ0v) is 10.2. The fourth-order valence-corrected chi connectivity index (χ4v) is 1.60. The summed E-state index contributed by atoms with van der Waals surface area (Å²) in [5.74, 6) is -1.62. The zero-order valence-electron chi connectivity index (χ0n) is 9.35. The molecule has 0 unspecified atom stereocenters. The van der Waals surface area contributed by atoms with Gasteiger partial charge in [-0.05, 0) is 17.4 Å². The van der Waals surface area contributed by atoms with Crippen LogP contribution >= 0.6 is 11.5 Å². The molecule has 2 heterocycles. The first-order valence-corrected chi connectivity index (χ1v) is 5.76. The molecule has 0 fully saturated rings. The predicted molar refractivity (Wildman–Crippen MR) is 66.6 cm³/mol. The first-order chi connectivity index (χ1) is 9.16. The Bertz CT molecular complexity index is 626. The minimum absolute atomic E-state index is 0.0928. The second kappa shape index (κ2) is 5.78.